The standard InChI is InChI=1S/C9H12BrNS/c10-8-3-4-12-9(8)7-2-1-6(7)5-11/h3-4,6-7H,1-2,5,11H2. The lowest BCUT2D eigenvalue weighted by molar-refractivity contribution is 0.266. The lowest BCUT2D eigenvalue weighted by Gasteiger charge is -2.35. The molecule has 2 N–H and O–H groups in total. The van der Waals surface area contributed by atoms with Gasteiger partial charge in [-0.05, 0) is 58.6 Å². The topological polar surface area (TPSA) is 26.0 Å². The molecule has 1 aromatic heterocycles. The molecule has 1 aliphatic rings. The molecule has 12 heavy (non-hydrogen) atoms. The van der Waals surface area contributed by atoms with Gasteiger partial charge in [-0.1, -0.05) is 0 Å². The maximum atomic E-state index is 5.67. The van der Waals surface area contributed by atoms with Crippen molar-refractivity contribution in [2.75, 3.05) is 6.54 Å². The van der Waals surface area contributed by atoms with Crippen molar-refractivity contribution in [3.8, 4) is 0 Å². The van der Waals surface area contributed by atoms with Gasteiger partial charge in [0.05, 0.1) is 0 Å². The number of hydrogen-bond acceptors (Lipinski definition) is 2. The van der Waals surface area contributed by atoms with Crippen LogP contribution < -0.4 is 5.73 Å². The third-order valence-electron chi connectivity index (χ3n) is 2.70. The molecule has 1 fully saturated rings. The van der Waals surface area contributed by atoms with Crippen LogP contribution in [0.15, 0.2) is 15.9 Å². The molecule has 0 aliphatic heterocycles. The molecule has 0 radical (unpaired) electrons. The molecule has 0 bridgehead atoms. The lowest BCUT2D eigenvalue weighted by atomic mass is 9.73. The van der Waals surface area contributed by atoms with Gasteiger partial charge in [0, 0.05) is 9.35 Å². The second-order valence-electron chi connectivity index (χ2n) is 3.31. The quantitative estimate of drug-likeness (QED) is 0.852. The zero-order valence-electron chi connectivity index (χ0n) is 6.79. The molecule has 2 unspecified atom stereocenters. The van der Waals surface area contributed by atoms with E-state index in [-0.39, 0.29) is 0 Å². The van der Waals surface area contributed by atoms with Gasteiger partial charge in [0.15, 0.2) is 0 Å². The molecule has 1 saturated carbocycles. The largest absolute Gasteiger partial charge is 0.330 e. The zero-order valence-corrected chi connectivity index (χ0v) is 9.20. The average molecular weight is 246 g/mol. The van der Waals surface area contributed by atoms with E-state index in [1.807, 2.05) is 11.3 Å². The minimum atomic E-state index is 0.736. The first-order valence-corrected chi connectivity index (χ1v) is 5.93. The highest BCUT2D eigenvalue weighted by Gasteiger charge is 2.32. The first-order chi connectivity index (χ1) is 5.83. The van der Waals surface area contributed by atoms with E-state index in [1.165, 1.54) is 22.2 Å². The maximum Gasteiger partial charge on any atom is 0.0317 e. The van der Waals surface area contributed by atoms with Crippen LogP contribution >= 0.6 is 27.3 Å². The van der Waals surface area contributed by atoms with Gasteiger partial charge in [-0.25, -0.2) is 0 Å². The number of rotatable bonds is 2. The third-order valence-corrected chi connectivity index (χ3v) is 4.70. The van der Waals surface area contributed by atoms with E-state index in [0.29, 0.717) is 0 Å². The lowest BCUT2D eigenvalue weighted by Crippen LogP contribution is -2.30. The van der Waals surface area contributed by atoms with Crippen LogP contribution in [0.5, 0.6) is 0 Å². The molecule has 0 spiro atoms. The third kappa shape index (κ3) is 1.34. The van der Waals surface area contributed by atoms with Crippen LogP contribution in [0.4, 0.5) is 0 Å². The van der Waals surface area contributed by atoms with Gasteiger partial charge in [0.1, 0.15) is 0 Å². The van der Waals surface area contributed by atoms with Crippen molar-refractivity contribution in [3.05, 3.63) is 20.8 Å². The minimum absolute atomic E-state index is 0.736. The van der Waals surface area contributed by atoms with E-state index in [2.05, 4.69) is 27.4 Å². The first kappa shape index (κ1) is 8.73. The summed E-state index contributed by atoms with van der Waals surface area (Å²) in [6.07, 6.45) is 2.63. The maximum absolute atomic E-state index is 5.67. The summed E-state index contributed by atoms with van der Waals surface area (Å²) in [4.78, 5) is 1.50. The molecule has 0 amide bonds. The van der Waals surface area contributed by atoms with Crippen molar-refractivity contribution >= 4 is 27.3 Å². The molecule has 66 valence electrons. The Balaban J connectivity index is 2.15. The summed E-state index contributed by atoms with van der Waals surface area (Å²) in [5.74, 6) is 1.48. The molecule has 0 aromatic carbocycles. The molecule has 1 nitrogen and oxygen atoms in total. The van der Waals surface area contributed by atoms with Gasteiger partial charge in [-0.3, -0.25) is 0 Å². The van der Waals surface area contributed by atoms with Crippen molar-refractivity contribution in [3.63, 3.8) is 0 Å². The SMILES string of the molecule is NCC1CCC1c1sccc1Br. The van der Waals surface area contributed by atoms with E-state index in [9.17, 15) is 0 Å². The van der Waals surface area contributed by atoms with Gasteiger partial charge in [-0.2, -0.15) is 0 Å². The van der Waals surface area contributed by atoms with Crippen LogP contribution in [0.1, 0.15) is 23.6 Å². The summed E-state index contributed by atoms with van der Waals surface area (Å²) < 4.78 is 1.27. The molecule has 1 aromatic rings. The fraction of sp³-hybridized carbons (Fsp3) is 0.556. The van der Waals surface area contributed by atoms with Gasteiger partial charge >= 0.3 is 0 Å². The molecule has 0 saturated heterocycles. The predicted octanol–water partition coefficient (Wildman–Crippen LogP) is 2.96. The number of thiophene rings is 1. The van der Waals surface area contributed by atoms with E-state index in [0.717, 1.165) is 18.4 Å². The highest BCUT2D eigenvalue weighted by molar-refractivity contribution is 9.10. The second kappa shape index (κ2) is 3.48. The highest BCUT2D eigenvalue weighted by Crippen LogP contribution is 2.46. The Bertz CT molecular complexity index is 269. The molecule has 3 heteroatoms. The van der Waals surface area contributed by atoms with Crippen LogP contribution in [-0.2, 0) is 0 Å². The Labute approximate surface area is 85.1 Å². The van der Waals surface area contributed by atoms with Crippen molar-refractivity contribution in [2.24, 2.45) is 11.7 Å². The van der Waals surface area contributed by atoms with Crippen molar-refractivity contribution in [1.29, 1.82) is 0 Å². The summed E-state index contributed by atoms with van der Waals surface area (Å²) in [6.45, 7) is 0.842. The van der Waals surface area contributed by atoms with E-state index >= 15 is 0 Å². The molecular formula is C9H12BrNS. The Hall–Kier alpha value is 0.140. The van der Waals surface area contributed by atoms with Crippen LogP contribution in [0.25, 0.3) is 0 Å². The monoisotopic (exact) mass is 245 g/mol. The fourth-order valence-corrected chi connectivity index (χ4v) is 3.66. The van der Waals surface area contributed by atoms with Crippen LogP contribution in [-0.4, -0.2) is 6.54 Å². The Morgan fingerprint density at radius 3 is 2.83 bits per heavy atom. The van der Waals surface area contributed by atoms with E-state index in [1.54, 1.807) is 0 Å². The molecule has 2 rings (SSSR count). The summed E-state index contributed by atoms with van der Waals surface area (Å²) in [7, 11) is 0. The summed E-state index contributed by atoms with van der Waals surface area (Å²) >= 11 is 5.42. The summed E-state index contributed by atoms with van der Waals surface area (Å²) in [6, 6.07) is 2.13. The summed E-state index contributed by atoms with van der Waals surface area (Å²) in [5.41, 5.74) is 5.67. The average Bonchev–Trinajstić information content (AvgIpc) is 2.36. The number of halogens is 1. The molecule has 1 heterocycles. The highest BCUT2D eigenvalue weighted by atomic mass is 79.9. The molecular weight excluding hydrogens is 234 g/mol. The van der Waals surface area contributed by atoms with E-state index in [4.69, 9.17) is 5.73 Å². The Morgan fingerprint density at radius 2 is 2.42 bits per heavy atom. The van der Waals surface area contributed by atoms with Crippen LogP contribution in [0.2, 0.25) is 0 Å². The van der Waals surface area contributed by atoms with Crippen LogP contribution in [0, 0.1) is 5.92 Å². The van der Waals surface area contributed by atoms with Crippen molar-refractivity contribution in [1.82, 2.24) is 0 Å². The smallest absolute Gasteiger partial charge is 0.0317 e. The normalized spacial score (nSPS) is 28.5. The van der Waals surface area contributed by atoms with Gasteiger partial charge in [0.2, 0.25) is 0 Å². The molecule has 1 aliphatic carbocycles. The van der Waals surface area contributed by atoms with Gasteiger partial charge in [-0.15, -0.1) is 11.3 Å². The van der Waals surface area contributed by atoms with Gasteiger partial charge < -0.3 is 5.73 Å². The number of nitrogens with two attached hydrogens (primary N) is 1. The number of hydrogen-bond donors (Lipinski definition) is 1. The van der Waals surface area contributed by atoms with Gasteiger partial charge in [0.25, 0.3) is 0 Å². The van der Waals surface area contributed by atoms with Crippen LogP contribution in [0.3, 0.4) is 0 Å². The fourth-order valence-electron chi connectivity index (χ4n) is 1.77. The van der Waals surface area contributed by atoms with Crippen molar-refractivity contribution in [2.45, 2.75) is 18.8 Å². The molecule has 2 atom stereocenters. The van der Waals surface area contributed by atoms with Crippen molar-refractivity contribution < 1.29 is 0 Å². The summed E-state index contributed by atoms with van der Waals surface area (Å²) in [5, 5.41) is 2.14. The minimum Gasteiger partial charge on any atom is -0.330 e. The van der Waals surface area contributed by atoms with E-state index < -0.39 is 0 Å². The predicted molar refractivity (Wildman–Crippen MR) is 56.5 cm³/mol. The first-order valence-electron chi connectivity index (χ1n) is 4.26. The Kier molecular flexibility index (Phi) is 2.53. The Morgan fingerprint density at radius 1 is 1.58 bits per heavy atom. The zero-order chi connectivity index (χ0) is 8.55. The second-order valence-corrected chi connectivity index (χ2v) is 5.11.